The molecular weight excluding hydrogens is 380 g/mol. The molecule has 0 aliphatic rings. The van der Waals surface area contributed by atoms with E-state index < -0.39 is 5.97 Å². The largest absolute Gasteiger partial charge is 0.457 e. The van der Waals surface area contributed by atoms with Crippen molar-refractivity contribution in [2.45, 2.75) is 20.3 Å². The molecule has 0 unspecified atom stereocenters. The number of rotatable bonds is 6. The molecule has 2 aromatic heterocycles. The van der Waals surface area contributed by atoms with Crippen LogP contribution in [-0.4, -0.2) is 37.9 Å². The predicted molar refractivity (Wildman–Crippen MR) is 111 cm³/mol. The summed E-state index contributed by atoms with van der Waals surface area (Å²) in [6.45, 7) is 3.35. The minimum Gasteiger partial charge on any atom is -0.457 e. The van der Waals surface area contributed by atoms with E-state index in [1.165, 1.54) is 6.33 Å². The monoisotopic (exact) mass is 400 g/mol. The van der Waals surface area contributed by atoms with Crippen LogP contribution in [0.25, 0.3) is 16.9 Å². The fraction of sp³-hybridized carbons (Fsp3) is 0.174. The normalized spacial score (nSPS) is 10.9. The van der Waals surface area contributed by atoms with Gasteiger partial charge in [0.1, 0.15) is 6.33 Å². The standard InChI is InChI=1S/C23H20N4O3/c1-15-20(16(2)27-23(26-15)24-14-25-27)12-22(29)30-13-21(28)19-10-8-18(9-11-19)17-6-4-3-5-7-17/h3-11,14H,12-13H2,1-2H3. The van der Waals surface area contributed by atoms with Crippen molar-refractivity contribution in [1.82, 2.24) is 19.6 Å². The quantitative estimate of drug-likeness (QED) is 0.364. The van der Waals surface area contributed by atoms with Crippen LogP contribution >= 0.6 is 0 Å². The zero-order valence-corrected chi connectivity index (χ0v) is 16.7. The molecule has 4 aromatic rings. The van der Waals surface area contributed by atoms with E-state index in [0.29, 0.717) is 17.0 Å². The average Bonchev–Trinajstić information content (AvgIpc) is 3.24. The first kappa shape index (κ1) is 19.4. The van der Waals surface area contributed by atoms with Gasteiger partial charge >= 0.3 is 5.97 Å². The Morgan fingerprint density at radius 2 is 1.67 bits per heavy atom. The average molecular weight is 400 g/mol. The zero-order chi connectivity index (χ0) is 21.1. The lowest BCUT2D eigenvalue weighted by molar-refractivity contribution is -0.141. The molecule has 0 fully saturated rings. The summed E-state index contributed by atoms with van der Waals surface area (Å²) in [5, 5.41) is 4.11. The van der Waals surface area contributed by atoms with Gasteiger partial charge in [0, 0.05) is 22.5 Å². The molecule has 7 nitrogen and oxygen atoms in total. The lowest BCUT2D eigenvalue weighted by Crippen LogP contribution is -2.17. The second kappa shape index (κ2) is 8.24. The van der Waals surface area contributed by atoms with Gasteiger partial charge in [-0.25, -0.2) is 9.50 Å². The fourth-order valence-electron chi connectivity index (χ4n) is 3.32. The molecule has 0 saturated heterocycles. The third-order valence-electron chi connectivity index (χ3n) is 4.99. The molecule has 2 heterocycles. The van der Waals surface area contributed by atoms with Gasteiger partial charge in [-0.05, 0) is 25.0 Å². The molecule has 7 heteroatoms. The van der Waals surface area contributed by atoms with Gasteiger partial charge in [0.15, 0.2) is 12.4 Å². The number of nitrogens with zero attached hydrogens (tertiary/aromatic N) is 4. The lowest BCUT2D eigenvalue weighted by Gasteiger charge is -2.10. The maximum absolute atomic E-state index is 12.4. The number of hydrogen-bond acceptors (Lipinski definition) is 6. The zero-order valence-electron chi connectivity index (χ0n) is 16.7. The Morgan fingerprint density at radius 1 is 0.967 bits per heavy atom. The van der Waals surface area contributed by atoms with Crippen molar-refractivity contribution < 1.29 is 14.3 Å². The van der Waals surface area contributed by atoms with Crippen LogP contribution in [0.15, 0.2) is 60.9 Å². The van der Waals surface area contributed by atoms with Gasteiger partial charge in [0.25, 0.3) is 5.78 Å². The highest BCUT2D eigenvalue weighted by atomic mass is 16.5. The first-order valence-electron chi connectivity index (χ1n) is 9.53. The predicted octanol–water partition coefficient (Wildman–Crippen LogP) is 3.38. The molecule has 0 aliphatic carbocycles. The summed E-state index contributed by atoms with van der Waals surface area (Å²) in [7, 11) is 0. The molecule has 0 N–H and O–H groups in total. The minimum absolute atomic E-state index is 0.0146. The molecule has 0 spiro atoms. The van der Waals surface area contributed by atoms with Crippen LogP contribution in [0, 0.1) is 13.8 Å². The summed E-state index contributed by atoms with van der Waals surface area (Å²) >= 11 is 0. The summed E-state index contributed by atoms with van der Waals surface area (Å²) in [6, 6.07) is 17.2. The number of esters is 1. The molecule has 2 aromatic carbocycles. The van der Waals surface area contributed by atoms with E-state index in [4.69, 9.17) is 4.74 Å². The van der Waals surface area contributed by atoms with E-state index in [-0.39, 0.29) is 18.8 Å². The number of fused-ring (bicyclic) bond motifs is 1. The number of carbonyl (C=O) groups is 2. The number of ketones is 1. The van der Waals surface area contributed by atoms with E-state index in [9.17, 15) is 9.59 Å². The third kappa shape index (κ3) is 3.96. The van der Waals surface area contributed by atoms with Gasteiger partial charge in [0.2, 0.25) is 0 Å². The van der Waals surface area contributed by atoms with Crippen molar-refractivity contribution in [3.63, 3.8) is 0 Å². The third-order valence-corrected chi connectivity index (χ3v) is 4.99. The molecule has 4 rings (SSSR count). The summed E-state index contributed by atoms with van der Waals surface area (Å²) in [4.78, 5) is 33.1. The van der Waals surface area contributed by atoms with Gasteiger partial charge in [-0.3, -0.25) is 9.59 Å². The number of carbonyl (C=O) groups excluding carboxylic acids is 2. The van der Waals surface area contributed by atoms with Crippen molar-refractivity contribution in [3.8, 4) is 11.1 Å². The maximum atomic E-state index is 12.4. The number of aromatic nitrogens is 4. The second-order valence-electron chi connectivity index (χ2n) is 6.94. The van der Waals surface area contributed by atoms with E-state index in [0.717, 1.165) is 22.4 Å². The van der Waals surface area contributed by atoms with Crippen LogP contribution in [-0.2, 0) is 16.0 Å². The molecule has 0 aliphatic heterocycles. The first-order chi connectivity index (χ1) is 14.5. The Hall–Kier alpha value is -3.87. The number of hydrogen-bond donors (Lipinski definition) is 0. The van der Waals surface area contributed by atoms with Crippen LogP contribution in [0.4, 0.5) is 0 Å². The maximum Gasteiger partial charge on any atom is 0.310 e. The molecule has 0 radical (unpaired) electrons. The Balaban J connectivity index is 1.39. The van der Waals surface area contributed by atoms with Crippen LogP contribution in [0.3, 0.4) is 0 Å². The smallest absolute Gasteiger partial charge is 0.310 e. The number of ether oxygens (including phenoxy) is 1. The van der Waals surface area contributed by atoms with Crippen molar-refractivity contribution in [3.05, 3.63) is 83.4 Å². The van der Waals surface area contributed by atoms with E-state index in [1.54, 1.807) is 16.6 Å². The highest BCUT2D eigenvalue weighted by Crippen LogP contribution is 2.19. The molecule has 0 amide bonds. The molecule has 0 saturated carbocycles. The number of benzene rings is 2. The Bertz CT molecular complexity index is 1210. The lowest BCUT2D eigenvalue weighted by atomic mass is 10.0. The Morgan fingerprint density at radius 3 is 2.40 bits per heavy atom. The van der Waals surface area contributed by atoms with E-state index in [2.05, 4.69) is 15.1 Å². The molecule has 0 atom stereocenters. The van der Waals surface area contributed by atoms with Crippen molar-refractivity contribution in [2.75, 3.05) is 6.61 Å². The van der Waals surface area contributed by atoms with Crippen molar-refractivity contribution in [2.24, 2.45) is 0 Å². The van der Waals surface area contributed by atoms with Crippen molar-refractivity contribution >= 4 is 17.5 Å². The van der Waals surface area contributed by atoms with Gasteiger partial charge in [-0.2, -0.15) is 10.1 Å². The van der Waals surface area contributed by atoms with Gasteiger partial charge in [0.05, 0.1) is 6.42 Å². The van der Waals surface area contributed by atoms with Crippen LogP contribution in [0.2, 0.25) is 0 Å². The summed E-state index contributed by atoms with van der Waals surface area (Å²) < 4.78 is 6.80. The Labute approximate surface area is 173 Å². The van der Waals surface area contributed by atoms with Gasteiger partial charge in [-0.15, -0.1) is 0 Å². The summed E-state index contributed by atoms with van der Waals surface area (Å²) in [5.41, 5.74) is 4.78. The van der Waals surface area contributed by atoms with Crippen molar-refractivity contribution in [1.29, 1.82) is 0 Å². The topological polar surface area (TPSA) is 86.4 Å². The Kier molecular flexibility index (Phi) is 5.34. The summed E-state index contributed by atoms with van der Waals surface area (Å²) in [6.07, 6.45) is 1.43. The highest BCUT2D eigenvalue weighted by Gasteiger charge is 2.16. The van der Waals surface area contributed by atoms with Crippen LogP contribution in [0.1, 0.15) is 27.3 Å². The second-order valence-corrected chi connectivity index (χ2v) is 6.94. The van der Waals surface area contributed by atoms with Crippen LogP contribution < -0.4 is 0 Å². The highest BCUT2D eigenvalue weighted by molar-refractivity contribution is 5.98. The first-order valence-corrected chi connectivity index (χ1v) is 9.53. The SMILES string of the molecule is Cc1nc2ncnn2c(C)c1CC(=O)OCC(=O)c1ccc(-c2ccccc2)cc1. The number of aryl methyl sites for hydroxylation is 2. The molecule has 150 valence electrons. The van der Waals surface area contributed by atoms with Gasteiger partial charge < -0.3 is 4.74 Å². The summed E-state index contributed by atoms with van der Waals surface area (Å²) in [5.74, 6) is -0.255. The van der Waals surface area contributed by atoms with E-state index >= 15 is 0 Å². The fourth-order valence-corrected chi connectivity index (χ4v) is 3.32. The molecule has 0 bridgehead atoms. The van der Waals surface area contributed by atoms with Crippen LogP contribution in [0.5, 0.6) is 0 Å². The minimum atomic E-state index is -0.489. The molecular formula is C23H20N4O3. The van der Waals surface area contributed by atoms with Gasteiger partial charge in [-0.1, -0.05) is 54.6 Å². The number of Topliss-reactive ketones (excluding diaryl/α,β-unsaturated/α-hetero) is 1. The van der Waals surface area contributed by atoms with E-state index in [1.807, 2.05) is 56.3 Å². The molecule has 30 heavy (non-hydrogen) atoms.